The topological polar surface area (TPSA) is 77.7 Å². The summed E-state index contributed by atoms with van der Waals surface area (Å²) in [5.74, 6) is 0.285. The molecular formula is C15H25N3O3. The van der Waals surface area contributed by atoms with Crippen LogP contribution in [0.5, 0.6) is 0 Å². The zero-order chi connectivity index (χ0) is 15.8. The lowest BCUT2D eigenvalue weighted by Gasteiger charge is -2.29. The maximum Gasteiger partial charge on any atom is 0.340 e. The van der Waals surface area contributed by atoms with Crippen molar-refractivity contribution >= 4 is 17.5 Å². The summed E-state index contributed by atoms with van der Waals surface area (Å²) in [6.07, 6.45) is 2.47. The lowest BCUT2D eigenvalue weighted by Crippen LogP contribution is -2.36. The van der Waals surface area contributed by atoms with Crippen molar-refractivity contribution in [3.8, 4) is 0 Å². The molecule has 0 spiro atoms. The average Bonchev–Trinajstić information content (AvgIpc) is 2.48. The molecule has 0 amide bonds. The van der Waals surface area contributed by atoms with Gasteiger partial charge in [-0.15, -0.1) is 0 Å². The van der Waals surface area contributed by atoms with Crippen LogP contribution in [-0.4, -0.2) is 43.9 Å². The summed E-state index contributed by atoms with van der Waals surface area (Å²) >= 11 is 0. The number of carbonyl (C=O) groups excluding carboxylic acids is 1. The highest BCUT2D eigenvalue weighted by atomic mass is 16.5. The number of rotatable bonds is 8. The van der Waals surface area contributed by atoms with Crippen LogP contribution in [0.3, 0.4) is 0 Å². The van der Waals surface area contributed by atoms with E-state index in [0.717, 1.165) is 6.42 Å². The van der Waals surface area contributed by atoms with E-state index in [0.29, 0.717) is 36.8 Å². The maximum atomic E-state index is 11.9. The van der Waals surface area contributed by atoms with E-state index in [2.05, 4.69) is 23.7 Å². The zero-order valence-electron chi connectivity index (χ0n) is 13.3. The van der Waals surface area contributed by atoms with Gasteiger partial charge in [0.15, 0.2) is 0 Å². The minimum absolute atomic E-state index is 0.284. The average molecular weight is 295 g/mol. The minimum atomic E-state index is -0.422. The molecule has 0 aliphatic heterocycles. The number of carbonyl (C=O) groups is 1. The van der Waals surface area contributed by atoms with Gasteiger partial charge in [0.1, 0.15) is 5.82 Å². The van der Waals surface area contributed by atoms with Crippen molar-refractivity contribution in [3.63, 3.8) is 0 Å². The van der Waals surface area contributed by atoms with Crippen molar-refractivity contribution in [2.45, 2.75) is 33.2 Å². The third-order valence-electron chi connectivity index (χ3n) is 3.37. The quantitative estimate of drug-likeness (QED) is 0.740. The molecule has 0 aromatic carbocycles. The molecule has 0 aliphatic rings. The van der Waals surface area contributed by atoms with Gasteiger partial charge >= 0.3 is 5.97 Å². The number of hydrogen-bond donors (Lipinski definition) is 1. The van der Waals surface area contributed by atoms with Crippen molar-refractivity contribution in [1.82, 2.24) is 4.98 Å². The van der Waals surface area contributed by atoms with Crippen LogP contribution in [-0.2, 0) is 9.47 Å². The first-order valence-electron chi connectivity index (χ1n) is 7.23. The van der Waals surface area contributed by atoms with Crippen LogP contribution in [0.2, 0.25) is 0 Å². The maximum absolute atomic E-state index is 11.9. The van der Waals surface area contributed by atoms with Gasteiger partial charge in [0.25, 0.3) is 0 Å². The van der Waals surface area contributed by atoms with E-state index in [1.54, 1.807) is 20.1 Å². The Morgan fingerprint density at radius 1 is 1.48 bits per heavy atom. The van der Waals surface area contributed by atoms with E-state index >= 15 is 0 Å². The van der Waals surface area contributed by atoms with Gasteiger partial charge in [0, 0.05) is 19.7 Å². The van der Waals surface area contributed by atoms with Crippen molar-refractivity contribution in [1.29, 1.82) is 0 Å². The lowest BCUT2D eigenvalue weighted by atomic mass is 10.2. The van der Waals surface area contributed by atoms with E-state index in [1.807, 2.05) is 0 Å². The zero-order valence-corrected chi connectivity index (χ0v) is 13.3. The molecule has 1 atom stereocenters. The second-order valence-corrected chi connectivity index (χ2v) is 4.79. The number of methoxy groups -OCH3 is 1. The van der Waals surface area contributed by atoms with Crippen LogP contribution in [0.25, 0.3) is 0 Å². The van der Waals surface area contributed by atoms with Crippen molar-refractivity contribution < 1.29 is 14.3 Å². The number of nitrogen functional groups attached to an aromatic ring is 1. The molecule has 0 radical (unpaired) electrons. The highest BCUT2D eigenvalue weighted by Gasteiger charge is 2.18. The number of pyridine rings is 1. The van der Waals surface area contributed by atoms with Crippen molar-refractivity contribution in [2.75, 3.05) is 37.5 Å². The lowest BCUT2D eigenvalue weighted by molar-refractivity contribution is 0.0527. The third kappa shape index (κ3) is 4.60. The molecule has 0 saturated carbocycles. The number of anilines is 2. The van der Waals surface area contributed by atoms with Crippen molar-refractivity contribution in [3.05, 3.63) is 17.8 Å². The van der Waals surface area contributed by atoms with Crippen LogP contribution >= 0.6 is 0 Å². The van der Waals surface area contributed by atoms with Crippen LogP contribution in [0.15, 0.2) is 12.3 Å². The Bertz CT molecular complexity index is 465. The molecule has 0 bridgehead atoms. The van der Waals surface area contributed by atoms with Crippen molar-refractivity contribution in [2.24, 2.45) is 0 Å². The van der Waals surface area contributed by atoms with E-state index in [-0.39, 0.29) is 6.04 Å². The summed E-state index contributed by atoms with van der Waals surface area (Å²) in [4.78, 5) is 18.4. The molecule has 21 heavy (non-hydrogen) atoms. The summed E-state index contributed by atoms with van der Waals surface area (Å²) in [6.45, 7) is 7.58. The van der Waals surface area contributed by atoms with Crippen LogP contribution in [0.1, 0.15) is 37.6 Å². The smallest absolute Gasteiger partial charge is 0.340 e. The van der Waals surface area contributed by atoms with Gasteiger partial charge in [-0.1, -0.05) is 6.92 Å². The SMILES string of the molecule is CCOC(=O)c1cc(N(CCOC)C(C)CC)ncc1N. The Hall–Kier alpha value is -1.82. The van der Waals surface area contributed by atoms with Gasteiger partial charge in [-0.3, -0.25) is 0 Å². The summed E-state index contributed by atoms with van der Waals surface area (Å²) in [7, 11) is 1.66. The Morgan fingerprint density at radius 2 is 2.19 bits per heavy atom. The minimum Gasteiger partial charge on any atom is -0.462 e. The second-order valence-electron chi connectivity index (χ2n) is 4.79. The van der Waals surface area contributed by atoms with Crippen LogP contribution in [0.4, 0.5) is 11.5 Å². The summed E-state index contributed by atoms with van der Waals surface area (Å²) in [5, 5.41) is 0. The van der Waals surface area contributed by atoms with E-state index in [9.17, 15) is 4.79 Å². The molecule has 6 nitrogen and oxygen atoms in total. The number of aromatic nitrogens is 1. The fourth-order valence-corrected chi connectivity index (χ4v) is 1.97. The van der Waals surface area contributed by atoms with Crippen LogP contribution in [0, 0.1) is 0 Å². The van der Waals surface area contributed by atoms with E-state index in [1.165, 1.54) is 6.20 Å². The summed E-state index contributed by atoms with van der Waals surface area (Å²) in [6, 6.07) is 1.97. The predicted molar refractivity (Wildman–Crippen MR) is 83.6 cm³/mol. The first-order chi connectivity index (χ1) is 10.0. The van der Waals surface area contributed by atoms with E-state index < -0.39 is 5.97 Å². The fourth-order valence-electron chi connectivity index (χ4n) is 1.97. The standard InChI is InChI=1S/C15H25N3O3/c1-5-11(3)18(7-8-20-4)14-9-12(13(16)10-17-14)15(19)21-6-2/h9-11H,5-8,16H2,1-4H3. The normalized spacial score (nSPS) is 12.0. The third-order valence-corrected chi connectivity index (χ3v) is 3.37. The Morgan fingerprint density at radius 3 is 2.76 bits per heavy atom. The molecule has 1 aromatic rings. The predicted octanol–water partition coefficient (Wildman–Crippen LogP) is 2.09. The Labute approximate surface area is 126 Å². The number of nitrogens with zero attached hydrogens (tertiary/aromatic N) is 2. The van der Waals surface area contributed by atoms with Gasteiger partial charge in [-0.05, 0) is 26.3 Å². The van der Waals surface area contributed by atoms with Gasteiger partial charge < -0.3 is 20.1 Å². The first kappa shape index (κ1) is 17.2. The molecule has 1 unspecified atom stereocenters. The molecule has 0 aliphatic carbocycles. The second kappa shape index (κ2) is 8.46. The largest absolute Gasteiger partial charge is 0.462 e. The summed E-state index contributed by atoms with van der Waals surface area (Å²) in [5.41, 5.74) is 6.50. The highest BCUT2D eigenvalue weighted by molar-refractivity contribution is 5.95. The molecule has 0 fully saturated rings. The van der Waals surface area contributed by atoms with E-state index in [4.69, 9.17) is 15.2 Å². The number of esters is 1. The molecular weight excluding hydrogens is 270 g/mol. The molecule has 118 valence electrons. The highest BCUT2D eigenvalue weighted by Crippen LogP contribution is 2.21. The fraction of sp³-hybridized carbons (Fsp3) is 0.600. The Kier molecular flexibility index (Phi) is 6.94. The van der Waals surface area contributed by atoms with Gasteiger partial charge in [-0.2, -0.15) is 0 Å². The van der Waals surface area contributed by atoms with Gasteiger partial charge in [-0.25, -0.2) is 9.78 Å². The molecule has 6 heteroatoms. The number of ether oxygens (including phenoxy) is 2. The molecule has 2 N–H and O–H groups in total. The molecule has 1 heterocycles. The summed E-state index contributed by atoms with van der Waals surface area (Å²) < 4.78 is 10.2. The number of hydrogen-bond acceptors (Lipinski definition) is 6. The Balaban J connectivity index is 3.08. The molecule has 1 rings (SSSR count). The monoisotopic (exact) mass is 295 g/mol. The van der Waals surface area contributed by atoms with Gasteiger partial charge in [0.05, 0.1) is 30.7 Å². The number of nitrogens with two attached hydrogens (primary N) is 1. The molecule has 1 aromatic heterocycles. The molecule has 0 saturated heterocycles. The first-order valence-corrected chi connectivity index (χ1v) is 7.23. The van der Waals surface area contributed by atoms with Crippen LogP contribution < -0.4 is 10.6 Å². The van der Waals surface area contributed by atoms with Gasteiger partial charge in [0.2, 0.25) is 0 Å².